The van der Waals surface area contributed by atoms with Crippen molar-refractivity contribution in [2.24, 2.45) is 11.8 Å². The number of rotatable bonds is 10. The molecule has 0 N–H and O–H groups in total. The van der Waals surface area contributed by atoms with Gasteiger partial charge in [0.05, 0.1) is 0 Å². The molecular formula is C31H38F2. The van der Waals surface area contributed by atoms with E-state index in [0.29, 0.717) is 16.5 Å². The molecule has 33 heavy (non-hydrogen) atoms. The highest BCUT2D eigenvalue weighted by Gasteiger charge is 2.20. The van der Waals surface area contributed by atoms with Crippen LogP contribution in [0.2, 0.25) is 0 Å². The molecule has 1 aliphatic carbocycles. The van der Waals surface area contributed by atoms with E-state index in [1.165, 1.54) is 88.3 Å². The summed E-state index contributed by atoms with van der Waals surface area (Å²) in [6, 6.07) is 16.0. The van der Waals surface area contributed by atoms with E-state index in [9.17, 15) is 4.39 Å². The SMILES string of the molecule is CCCCCCC[C@H]1CC[C@H](CCc2ccc3c(F)c(-c4cccc(F)c4)ccc3c2)CC1. The maximum atomic E-state index is 15.2. The third-order valence-electron chi connectivity index (χ3n) is 7.68. The lowest BCUT2D eigenvalue weighted by molar-refractivity contribution is 0.249. The molecule has 3 aromatic rings. The van der Waals surface area contributed by atoms with E-state index in [1.54, 1.807) is 18.2 Å². The van der Waals surface area contributed by atoms with Crippen molar-refractivity contribution in [2.75, 3.05) is 0 Å². The van der Waals surface area contributed by atoms with Gasteiger partial charge in [-0.3, -0.25) is 0 Å². The predicted octanol–water partition coefficient (Wildman–Crippen LogP) is 9.88. The Kier molecular flexibility index (Phi) is 8.53. The van der Waals surface area contributed by atoms with Gasteiger partial charge in [-0.15, -0.1) is 0 Å². The predicted molar refractivity (Wildman–Crippen MR) is 136 cm³/mol. The lowest BCUT2D eigenvalue weighted by atomic mass is 9.77. The van der Waals surface area contributed by atoms with Gasteiger partial charge in [-0.05, 0) is 53.3 Å². The second-order valence-corrected chi connectivity index (χ2v) is 10.1. The number of halogens is 2. The summed E-state index contributed by atoms with van der Waals surface area (Å²) >= 11 is 0. The summed E-state index contributed by atoms with van der Waals surface area (Å²) in [4.78, 5) is 0. The Bertz CT molecular complexity index is 1030. The van der Waals surface area contributed by atoms with Crippen molar-refractivity contribution in [3.05, 3.63) is 71.8 Å². The molecule has 0 heterocycles. The lowest BCUT2D eigenvalue weighted by Gasteiger charge is -2.28. The fourth-order valence-electron chi connectivity index (χ4n) is 5.59. The number of hydrogen-bond donors (Lipinski definition) is 0. The molecule has 0 aromatic heterocycles. The summed E-state index contributed by atoms with van der Waals surface area (Å²) in [5, 5.41) is 1.54. The van der Waals surface area contributed by atoms with Crippen LogP contribution in [0.15, 0.2) is 54.6 Å². The Morgan fingerprint density at radius 1 is 0.758 bits per heavy atom. The highest BCUT2D eigenvalue weighted by atomic mass is 19.1. The summed E-state index contributed by atoms with van der Waals surface area (Å²) in [5.41, 5.74) is 2.32. The molecule has 0 radical (unpaired) electrons. The maximum Gasteiger partial charge on any atom is 0.138 e. The molecule has 0 saturated heterocycles. The molecule has 0 bridgehead atoms. The van der Waals surface area contributed by atoms with Crippen molar-refractivity contribution in [1.82, 2.24) is 0 Å². The Labute approximate surface area is 198 Å². The van der Waals surface area contributed by atoms with Gasteiger partial charge in [-0.25, -0.2) is 8.78 Å². The summed E-state index contributed by atoms with van der Waals surface area (Å²) in [6.45, 7) is 2.28. The second kappa shape index (κ2) is 11.8. The first-order valence-corrected chi connectivity index (χ1v) is 13.1. The lowest BCUT2D eigenvalue weighted by Crippen LogP contribution is -2.15. The molecular weight excluding hydrogens is 410 g/mol. The van der Waals surface area contributed by atoms with Gasteiger partial charge in [0.2, 0.25) is 0 Å². The minimum Gasteiger partial charge on any atom is -0.207 e. The van der Waals surface area contributed by atoms with Crippen LogP contribution in [-0.2, 0) is 6.42 Å². The molecule has 0 amide bonds. The van der Waals surface area contributed by atoms with Crippen LogP contribution < -0.4 is 0 Å². The molecule has 0 aliphatic heterocycles. The van der Waals surface area contributed by atoms with E-state index in [0.717, 1.165) is 23.6 Å². The quantitative estimate of drug-likeness (QED) is 0.271. The highest BCUT2D eigenvalue weighted by molar-refractivity contribution is 5.88. The number of aryl methyl sites for hydroxylation is 1. The Morgan fingerprint density at radius 3 is 2.27 bits per heavy atom. The van der Waals surface area contributed by atoms with Crippen LogP contribution in [-0.4, -0.2) is 0 Å². The molecule has 1 saturated carbocycles. The monoisotopic (exact) mass is 448 g/mol. The van der Waals surface area contributed by atoms with Gasteiger partial charge in [0.15, 0.2) is 0 Å². The number of benzene rings is 3. The third kappa shape index (κ3) is 6.43. The Hall–Kier alpha value is -2.22. The molecule has 2 heteroatoms. The Morgan fingerprint density at radius 2 is 1.52 bits per heavy atom. The fraction of sp³-hybridized carbons (Fsp3) is 0.484. The van der Waals surface area contributed by atoms with E-state index >= 15 is 4.39 Å². The van der Waals surface area contributed by atoms with E-state index in [1.807, 2.05) is 12.1 Å². The largest absolute Gasteiger partial charge is 0.207 e. The third-order valence-corrected chi connectivity index (χ3v) is 7.68. The minimum atomic E-state index is -0.344. The van der Waals surface area contributed by atoms with Gasteiger partial charge in [0.1, 0.15) is 11.6 Å². The van der Waals surface area contributed by atoms with Crippen LogP contribution >= 0.6 is 0 Å². The summed E-state index contributed by atoms with van der Waals surface area (Å²) in [6.07, 6.45) is 16.3. The molecule has 1 aliphatic rings. The van der Waals surface area contributed by atoms with Crippen LogP contribution in [0.3, 0.4) is 0 Å². The zero-order valence-corrected chi connectivity index (χ0v) is 20.1. The zero-order chi connectivity index (χ0) is 23.0. The minimum absolute atomic E-state index is 0.266. The van der Waals surface area contributed by atoms with E-state index < -0.39 is 0 Å². The van der Waals surface area contributed by atoms with E-state index in [4.69, 9.17) is 0 Å². The molecule has 176 valence electrons. The van der Waals surface area contributed by atoms with Crippen molar-refractivity contribution >= 4 is 10.8 Å². The van der Waals surface area contributed by atoms with Gasteiger partial charge in [-0.1, -0.05) is 114 Å². The normalized spacial score (nSPS) is 18.6. The van der Waals surface area contributed by atoms with Gasteiger partial charge in [0.25, 0.3) is 0 Å². The summed E-state index contributed by atoms with van der Waals surface area (Å²) in [7, 11) is 0. The first-order valence-electron chi connectivity index (χ1n) is 13.1. The first kappa shape index (κ1) is 23.9. The standard InChI is InChI=1S/C31H38F2/c1-2-3-4-5-6-8-23-11-13-24(14-12-23)15-16-25-17-19-29-27(21-25)18-20-30(31(29)33)26-9-7-10-28(32)22-26/h7,9-10,17-24H,2-6,8,11-16H2,1H3/t23-,24-. The van der Waals surface area contributed by atoms with Gasteiger partial charge >= 0.3 is 0 Å². The molecule has 4 rings (SSSR count). The summed E-state index contributed by atoms with van der Waals surface area (Å²) < 4.78 is 28.7. The average molecular weight is 449 g/mol. The number of fused-ring (bicyclic) bond motifs is 1. The van der Waals surface area contributed by atoms with Crippen molar-refractivity contribution in [3.8, 4) is 11.1 Å². The molecule has 0 nitrogen and oxygen atoms in total. The molecule has 0 spiro atoms. The van der Waals surface area contributed by atoms with Crippen LogP contribution in [0.25, 0.3) is 21.9 Å². The van der Waals surface area contributed by atoms with Crippen LogP contribution in [0.1, 0.15) is 83.1 Å². The van der Waals surface area contributed by atoms with Gasteiger partial charge < -0.3 is 0 Å². The van der Waals surface area contributed by atoms with Gasteiger partial charge in [0, 0.05) is 10.9 Å². The first-order chi connectivity index (χ1) is 16.1. The summed E-state index contributed by atoms with van der Waals surface area (Å²) in [5.74, 6) is 1.18. The van der Waals surface area contributed by atoms with Gasteiger partial charge in [-0.2, -0.15) is 0 Å². The smallest absolute Gasteiger partial charge is 0.138 e. The molecule has 3 aromatic carbocycles. The topological polar surface area (TPSA) is 0 Å². The molecule has 0 atom stereocenters. The van der Waals surface area contributed by atoms with Crippen molar-refractivity contribution < 1.29 is 8.78 Å². The maximum absolute atomic E-state index is 15.2. The van der Waals surface area contributed by atoms with E-state index in [-0.39, 0.29) is 11.6 Å². The zero-order valence-electron chi connectivity index (χ0n) is 20.1. The van der Waals surface area contributed by atoms with E-state index in [2.05, 4.69) is 19.1 Å². The molecule has 0 unspecified atom stereocenters. The van der Waals surface area contributed by atoms with Crippen LogP contribution in [0, 0.1) is 23.5 Å². The second-order valence-electron chi connectivity index (χ2n) is 10.1. The molecule has 1 fully saturated rings. The number of unbranched alkanes of at least 4 members (excludes halogenated alkanes) is 4. The van der Waals surface area contributed by atoms with Crippen LogP contribution in [0.5, 0.6) is 0 Å². The fourth-order valence-corrected chi connectivity index (χ4v) is 5.59. The average Bonchev–Trinajstić information content (AvgIpc) is 2.83. The van der Waals surface area contributed by atoms with Crippen molar-refractivity contribution in [3.63, 3.8) is 0 Å². The van der Waals surface area contributed by atoms with Crippen LogP contribution in [0.4, 0.5) is 8.78 Å². The number of hydrogen-bond acceptors (Lipinski definition) is 0. The van der Waals surface area contributed by atoms with Crippen molar-refractivity contribution in [1.29, 1.82) is 0 Å². The van der Waals surface area contributed by atoms with Crippen molar-refractivity contribution in [2.45, 2.75) is 84.0 Å². The Balaban J connectivity index is 1.30. The highest BCUT2D eigenvalue weighted by Crippen LogP contribution is 2.35.